The molecule has 1 aliphatic rings. The van der Waals surface area contributed by atoms with E-state index in [-0.39, 0.29) is 12.5 Å². The standard InChI is InChI=1S/C16H22N2O3/c19-15(10-12-6-8-17-9-7-12)18-11-14(16(20)21)13-4-2-1-3-5-13/h1-5,12,14,17H,6-11H2,(H,18,19)(H,20,21). The number of aliphatic carboxylic acids is 1. The van der Waals surface area contributed by atoms with E-state index in [1.807, 2.05) is 18.2 Å². The summed E-state index contributed by atoms with van der Waals surface area (Å²) in [5.41, 5.74) is 0.715. The van der Waals surface area contributed by atoms with E-state index in [9.17, 15) is 14.7 Å². The van der Waals surface area contributed by atoms with Crippen LogP contribution in [0.3, 0.4) is 0 Å². The highest BCUT2D eigenvalue weighted by Crippen LogP contribution is 2.17. The predicted octanol–water partition coefficient (Wildman–Crippen LogP) is 1.36. The van der Waals surface area contributed by atoms with E-state index in [2.05, 4.69) is 10.6 Å². The Balaban J connectivity index is 1.84. The summed E-state index contributed by atoms with van der Waals surface area (Å²) in [5.74, 6) is -1.25. The van der Waals surface area contributed by atoms with Crippen LogP contribution in [0.25, 0.3) is 0 Å². The van der Waals surface area contributed by atoms with Crippen LogP contribution in [-0.2, 0) is 9.59 Å². The molecule has 0 aromatic heterocycles. The van der Waals surface area contributed by atoms with Gasteiger partial charge in [0.1, 0.15) is 0 Å². The molecule has 1 heterocycles. The van der Waals surface area contributed by atoms with Gasteiger partial charge in [0, 0.05) is 13.0 Å². The quantitative estimate of drug-likeness (QED) is 0.739. The van der Waals surface area contributed by atoms with Crippen molar-refractivity contribution in [3.63, 3.8) is 0 Å². The number of carbonyl (C=O) groups excluding carboxylic acids is 1. The van der Waals surface area contributed by atoms with Gasteiger partial charge in [-0.15, -0.1) is 0 Å². The number of amides is 1. The molecule has 2 rings (SSSR count). The first-order valence-corrected chi connectivity index (χ1v) is 7.42. The van der Waals surface area contributed by atoms with E-state index in [4.69, 9.17) is 0 Å². The van der Waals surface area contributed by atoms with Crippen LogP contribution in [0, 0.1) is 5.92 Å². The van der Waals surface area contributed by atoms with Crippen molar-refractivity contribution in [3.8, 4) is 0 Å². The molecule has 1 unspecified atom stereocenters. The van der Waals surface area contributed by atoms with Crippen molar-refractivity contribution in [1.82, 2.24) is 10.6 Å². The van der Waals surface area contributed by atoms with Gasteiger partial charge < -0.3 is 15.7 Å². The second kappa shape index (κ2) is 7.78. The summed E-state index contributed by atoms with van der Waals surface area (Å²) in [6.07, 6.45) is 2.51. The van der Waals surface area contributed by atoms with Gasteiger partial charge in [0.05, 0.1) is 5.92 Å². The lowest BCUT2D eigenvalue weighted by atomic mass is 9.94. The van der Waals surface area contributed by atoms with Crippen LogP contribution in [0.1, 0.15) is 30.7 Å². The van der Waals surface area contributed by atoms with Gasteiger partial charge >= 0.3 is 5.97 Å². The molecule has 0 radical (unpaired) electrons. The van der Waals surface area contributed by atoms with Crippen molar-refractivity contribution in [2.75, 3.05) is 19.6 Å². The minimum absolute atomic E-state index is 0.0518. The van der Waals surface area contributed by atoms with Crippen LogP contribution in [0.5, 0.6) is 0 Å². The van der Waals surface area contributed by atoms with Gasteiger partial charge in [-0.25, -0.2) is 0 Å². The van der Waals surface area contributed by atoms with Crippen molar-refractivity contribution in [2.45, 2.75) is 25.2 Å². The molecule has 5 nitrogen and oxygen atoms in total. The van der Waals surface area contributed by atoms with Gasteiger partial charge in [-0.3, -0.25) is 9.59 Å². The zero-order valence-corrected chi connectivity index (χ0v) is 12.0. The Hall–Kier alpha value is -1.88. The first-order valence-electron chi connectivity index (χ1n) is 7.42. The lowest BCUT2D eigenvalue weighted by Gasteiger charge is -2.22. The Kier molecular flexibility index (Phi) is 5.75. The Morgan fingerprint density at radius 2 is 1.90 bits per heavy atom. The normalized spacial score (nSPS) is 17.1. The fourth-order valence-electron chi connectivity index (χ4n) is 2.67. The minimum Gasteiger partial charge on any atom is -0.481 e. The third-order valence-electron chi connectivity index (χ3n) is 3.94. The van der Waals surface area contributed by atoms with Crippen LogP contribution in [0.4, 0.5) is 0 Å². The second-order valence-corrected chi connectivity index (χ2v) is 5.50. The van der Waals surface area contributed by atoms with E-state index in [0.29, 0.717) is 17.9 Å². The Morgan fingerprint density at radius 1 is 1.24 bits per heavy atom. The van der Waals surface area contributed by atoms with Crippen molar-refractivity contribution in [1.29, 1.82) is 0 Å². The van der Waals surface area contributed by atoms with Crippen LogP contribution >= 0.6 is 0 Å². The molecule has 0 spiro atoms. The van der Waals surface area contributed by atoms with Crippen molar-refractivity contribution in [3.05, 3.63) is 35.9 Å². The SMILES string of the molecule is O=C(CC1CCNCC1)NCC(C(=O)O)c1ccccc1. The molecule has 1 aromatic carbocycles. The summed E-state index contributed by atoms with van der Waals surface area (Å²) >= 11 is 0. The zero-order chi connectivity index (χ0) is 15.1. The summed E-state index contributed by atoms with van der Waals surface area (Å²) in [6, 6.07) is 9.01. The Labute approximate surface area is 124 Å². The van der Waals surface area contributed by atoms with E-state index >= 15 is 0 Å². The zero-order valence-electron chi connectivity index (χ0n) is 12.0. The highest BCUT2D eigenvalue weighted by molar-refractivity contribution is 5.79. The first-order chi connectivity index (χ1) is 10.2. The van der Waals surface area contributed by atoms with E-state index in [1.54, 1.807) is 12.1 Å². The smallest absolute Gasteiger partial charge is 0.312 e. The lowest BCUT2D eigenvalue weighted by molar-refractivity contribution is -0.138. The molecule has 1 atom stereocenters. The van der Waals surface area contributed by atoms with Gasteiger partial charge in [0.15, 0.2) is 0 Å². The molecule has 5 heteroatoms. The van der Waals surface area contributed by atoms with Gasteiger partial charge in [-0.05, 0) is 37.4 Å². The van der Waals surface area contributed by atoms with Gasteiger partial charge in [-0.2, -0.15) is 0 Å². The number of carboxylic acid groups (broad SMARTS) is 1. The fraction of sp³-hybridized carbons (Fsp3) is 0.500. The number of carbonyl (C=O) groups is 2. The Morgan fingerprint density at radius 3 is 2.52 bits per heavy atom. The lowest BCUT2D eigenvalue weighted by Crippen LogP contribution is -2.35. The number of hydrogen-bond donors (Lipinski definition) is 3. The molecule has 3 N–H and O–H groups in total. The third kappa shape index (κ3) is 4.86. The molecule has 1 aromatic rings. The topological polar surface area (TPSA) is 78.4 Å². The van der Waals surface area contributed by atoms with Crippen LogP contribution in [0.15, 0.2) is 30.3 Å². The highest BCUT2D eigenvalue weighted by Gasteiger charge is 2.22. The minimum atomic E-state index is -0.914. The third-order valence-corrected chi connectivity index (χ3v) is 3.94. The average Bonchev–Trinajstić information content (AvgIpc) is 2.49. The molecule has 21 heavy (non-hydrogen) atoms. The Bertz CT molecular complexity index is 470. The maximum absolute atomic E-state index is 11.9. The van der Waals surface area contributed by atoms with Crippen molar-refractivity contribution >= 4 is 11.9 Å². The predicted molar refractivity (Wildman–Crippen MR) is 80.0 cm³/mol. The molecule has 0 aliphatic carbocycles. The molecular formula is C16H22N2O3. The second-order valence-electron chi connectivity index (χ2n) is 5.50. The van der Waals surface area contributed by atoms with Crippen molar-refractivity contribution < 1.29 is 14.7 Å². The fourth-order valence-corrected chi connectivity index (χ4v) is 2.67. The summed E-state index contributed by atoms with van der Waals surface area (Å²) in [7, 11) is 0. The number of benzene rings is 1. The number of piperidine rings is 1. The molecule has 114 valence electrons. The van der Waals surface area contributed by atoms with E-state index < -0.39 is 11.9 Å². The number of nitrogens with one attached hydrogen (secondary N) is 2. The van der Waals surface area contributed by atoms with Gasteiger partial charge in [0.2, 0.25) is 5.91 Å². The molecule has 0 saturated carbocycles. The number of rotatable bonds is 6. The van der Waals surface area contributed by atoms with Crippen LogP contribution in [-0.4, -0.2) is 36.6 Å². The van der Waals surface area contributed by atoms with Crippen LogP contribution in [0.2, 0.25) is 0 Å². The molecule has 0 bridgehead atoms. The number of hydrogen-bond acceptors (Lipinski definition) is 3. The number of carboxylic acids is 1. The molecule has 1 saturated heterocycles. The largest absolute Gasteiger partial charge is 0.481 e. The summed E-state index contributed by atoms with van der Waals surface area (Å²) < 4.78 is 0. The summed E-state index contributed by atoms with van der Waals surface area (Å²) in [5, 5.41) is 15.3. The summed E-state index contributed by atoms with van der Waals surface area (Å²) in [4.78, 5) is 23.3. The maximum Gasteiger partial charge on any atom is 0.312 e. The maximum atomic E-state index is 11.9. The molecule has 1 amide bonds. The van der Waals surface area contributed by atoms with Crippen LogP contribution < -0.4 is 10.6 Å². The molecule has 1 fully saturated rings. The monoisotopic (exact) mass is 290 g/mol. The van der Waals surface area contributed by atoms with E-state index in [1.165, 1.54) is 0 Å². The van der Waals surface area contributed by atoms with Crippen molar-refractivity contribution in [2.24, 2.45) is 5.92 Å². The highest BCUT2D eigenvalue weighted by atomic mass is 16.4. The summed E-state index contributed by atoms with van der Waals surface area (Å²) in [6.45, 7) is 2.06. The average molecular weight is 290 g/mol. The molecule has 1 aliphatic heterocycles. The van der Waals surface area contributed by atoms with E-state index in [0.717, 1.165) is 25.9 Å². The first kappa shape index (κ1) is 15.5. The van der Waals surface area contributed by atoms with Gasteiger partial charge in [-0.1, -0.05) is 30.3 Å². The van der Waals surface area contributed by atoms with Gasteiger partial charge in [0.25, 0.3) is 0 Å². The molecular weight excluding hydrogens is 268 g/mol.